The number of piperidine rings is 1. The molecule has 0 saturated carbocycles. The molecule has 98 valence electrons. The van der Waals surface area contributed by atoms with Crippen LogP contribution in [0.2, 0.25) is 0 Å². The van der Waals surface area contributed by atoms with Gasteiger partial charge in [0.15, 0.2) is 0 Å². The zero-order valence-corrected chi connectivity index (χ0v) is 10.5. The Morgan fingerprint density at radius 2 is 1.83 bits per heavy atom. The molecule has 0 spiro atoms. The topological polar surface area (TPSA) is 60.8 Å². The van der Waals surface area contributed by atoms with Gasteiger partial charge in [-0.1, -0.05) is 30.3 Å². The molecular formula is C14H19NO3. The third kappa shape index (κ3) is 2.54. The molecule has 2 rings (SSSR count). The Balaban J connectivity index is 2.28. The molecule has 0 radical (unpaired) electrons. The van der Waals surface area contributed by atoms with Crippen molar-refractivity contribution in [1.29, 1.82) is 0 Å². The number of benzene rings is 1. The largest absolute Gasteiger partial charge is 0.481 e. The third-order valence-corrected chi connectivity index (χ3v) is 3.77. The monoisotopic (exact) mass is 249 g/mol. The fourth-order valence-corrected chi connectivity index (χ4v) is 2.62. The second-order valence-corrected chi connectivity index (χ2v) is 5.09. The lowest BCUT2D eigenvalue weighted by molar-refractivity contribution is -0.148. The molecule has 1 aliphatic rings. The second kappa shape index (κ2) is 5.08. The van der Waals surface area contributed by atoms with Crippen molar-refractivity contribution in [2.75, 3.05) is 20.1 Å². The van der Waals surface area contributed by atoms with Crippen LogP contribution in [0, 0.1) is 0 Å². The van der Waals surface area contributed by atoms with Crippen molar-refractivity contribution in [1.82, 2.24) is 4.90 Å². The van der Waals surface area contributed by atoms with Gasteiger partial charge in [-0.2, -0.15) is 0 Å². The van der Waals surface area contributed by atoms with Crippen LogP contribution in [0.25, 0.3) is 0 Å². The summed E-state index contributed by atoms with van der Waals surface area (Å²) < 4.78 is 0. The first kappa shape index (κ1) is 13.1. The predicted molar refractivity (Wildman–Crippen MR) is 68.5 cm³/mol. The molecule has 4 heteroatoms. The van der Waals surface area contributed by atoms with E-state index in [0.29, 0.717) is 18.4 Å². The number of nitrogens with zero attached hydrogens (tertiary/aromatic N) is 1. The van der Waals surface area contributed by atoms with E-state index in [4.69, 9.17) is 0 Å². The van der Waals surface area contributed by atoms with E-state index in [-0.39, 0.29) is 0 Å². The van der Waals surface area contributed by atoms with Gasteiger partial charge in [-0.05, 0) is 25.5 Å². The minimum atomic E-state index is -1.14. The van der Waals surface area contributed by atoms with Gasteiger partial charge in [0, 0.05) is 13.1 Å². The van der Waals surface area contributed by atoms with E-state index >= 15 is 0 Å². The van der Waals surface area contributed by atoms with Crippen molar-refractivity contribution in [3.05, 3.63) is 35.9 Å². The smallest absolute Gasteiger partial charge is 0.313 e. The summed E-state index contributed by atoms with van der Waals surface area (Å²) >= 11 is 0. The summed E-state index contributed by atoms with van der Waals surface area (Å²) in [5.74, 6) is -1.79. The summed E-state index contributed by atoms with van der Waals surface area (Å²) in [6, 6.07) is 9.01. The number of rotatable bonds is 3. The van der Waals surface area contributed by atoms with Crippen molar-refractivity contribution in [2.24, 2.45) is 0 Å². The lowest BCUT2D eigenvalue weighted by Gasteiger charge is -2.40. The normalized spacial score (nSPS) is 21.4. The highest BCUT2D eigenvalue weighted by molar-refractivity contribution is 5.77. The van der Waals surface area contributed by atoms with Gasteiger partial charge in [-0.25, -0.2) is 0 Å². The Hall–Kier alpha value is -1.39. The van der Waals surface area contributed by atoms with Crippen molar-refractivity contribution >= 4 is 5.97 Å². The number of carboxylic acids is 1. The lowest BCUT2D eigenvalue weighted by atomic mass is 9.76. The van der Waals surface area contributed by atoms with Crippen LogP contribution in [0.4, 0.5) is 0 Å². The Morgan fingerprint density at radius 3 is 2.33 bits per heavy atom. The molecule has 18 heavy (non-hydrogen) atoms. The number of aliphatic hydroxyl groups is 1. The molecule has 0 bridgehead atoms. The van der Waals surface area contributed by atoms with Crippen molar-refractivity contribution in [3.8, 4) is 0 Å². The number of hydrogen-bond donors (Lipinski definition) is 2. The molecule has 1 heterocycles. The second-order valence-electron chi connectivity index (χ2n) is 5.09. The third-order valence-electron chi connectivity index (χ3n) is 3.77. The highest BCUT2D eigenvalue weighted by Gasteiger charge is 2.44. The van der Waals surface area contributed by atoms with E-state index in [2.05, 4.69) is 4.90 Å². The summed E-state index contributed by atoms with van der Waals surface area (Å²) in [6.07, 6.45) is 0.991. The van der Waals surface area contributed by atoms with Gasteiger partial charge in [0.1, 0.15) is 5.92 Å². The number of hydrogen-bond acceptors (Lipinski definition) is 3. The average Bonchev–Trinajstić information content (AvgIpc) is 2.34. The Kier molecular flexibility index (Phi) is 3.68. The number of carboxylic acid groups (broad SMARTS) is 1. The Morgan fingerprint density at radius 1 is 1.28 bits per heavy atom. The van der Waals surface area contributed by atoms with Gasteiger partial charge in [-0.3, -0.25) is 4.79 Å². The first-order chi connectivity index (χ1) is 8.53. The fraction of sp³-hybridized carbons (Fsp3) is 0.500. The van der Waals surface area contributed by atoms with E-state index in [0.717, 1.165) is 13.1 Å². The minimum absolute atomic E-state index is 0.495. The molecule has 0 aliphatic carbocycles. The van der Waals surface area contributed by atoms with E-state index in [1.165, 1.54) is 0 Å². The summed E-state index contributed by atoms with van der Waals surface area (Å²) in [5.41, 5.74) is -0.461. The fourth-order valence-electron chi connectivity index (χ4n) is 2.62. The van der Waals surface area contributed by atoms with Gasteiger partial charge < -0.3 is 15.1 Å². The molecule has 1 aromatic carbocycles. The molecule has 1 atom stereocenters. The van der Waals surface area contributed by atoms with Gasteiger partial charge >= 0.3 is 5.97 Å². The number of carbonyl (C=O) groups is 1. The molecule has 1 saturated heterocycles. The molecule has 1 fully saturated rings. The predicted octanol–water partition coefficient (Wildman–Crippen LogP) is 1.31. The molecular weight excluding hydrogens is 230 g/mol. The number of likely N-dealkylation sites (tertiary alicyclic amines) is 1. The molecule has 1 aromatic rings. The SMILES string of the molecule is CN1CCC(O)([C@@H](C(=O)O)c2ccccc2)CC1. The maximum absolute atomic E-state index is 11.5. The molecule has 0 amide bonds. The molecule has 2 N–H and O–H groups in total. The van der Waals surface area contributed by atoms with Gasteiger partial charge in [0.25, 0.3) is 0 Å². The molecule has 0 aromatic heterocycles. The van der Waals surface area contributed by atoms with Crippen LogP contribution in [-0.4, -0.2) is 46.8 Å². The van der Waals surface area contributed by atoms with Gasteiger partial charge in [0.2, 0.25) is 0 Å². The maximum atomic E-state index is 11.5. The van der Waals surface area contributed by atoms with Crippen LogP contribution >= 0.6 is 0 Å². The maximum Gasteiger partial charge on any atom is 0.313 e. The summed E-state index contributed by atoms with van der Waals surface area (Å²) in [4.78, 5) is 13.6. The quantitative estimate of drug-likeness (QED) is 0.848. The molecule has 1 aliphatic heterocycles. The lowest BCUT2D eigenvalue weighted by Crippen LogP contribution is -2.49. The highest BCUT2D eigenvalue weighted by Crippen LogP contribution is 2.36. The van der Waals surface area contributed by atoms with Gasteiger partial charge in [-0.15, -0.1) is 0 Å². The zero-order chi connectivity index (χ0) is 13.2. The van der Waals surface area contributed by atoms with Crippen LogP contribution in [0.1, 0.15) is 24.3 Å². The van der Waals surface area contributed by atoms with Crippen LogP contribution in [0.15, 0.2) is 30.3 Å². The molecule has 0 unspecified atom stereocenters. The standard InChI is InChI=1S/C14H19NO3/c1-15-9-7-14(18,8-10-15)12(13(16)17)11-5-3-2-4-6-11/h2-6,12,18H,7-10H2,1H3,(H,16,17)/t12-/m1/s1. The summed E-state index contributed by atoms with van der Waals surface area (Å²) in [7, 11) is 1.98. The van der Waals surface area contributed by atoms with Crippen molar-refractivity contribution in [3.63, 3.8) is 0 Å². The average molecular weight is 249 g/mol. The Bertz CT molecular complexity index is 410. The van der Waals surface area contributed by atoms with E-state index < -0.39 is 17.5 Å². The minimum Gasteiger partial charge on any atom is -0.481 e. The number of aliphatic carboxylic acids is 1. The van der Waals surface area contributed by atoms with E-state index in [9.17, 15) is 15.0 Å². The van der Waals surface area contributed by atoms with E-state index in [1.807, 2.05) is 25.2 Å². The van der Waals surface area contributed by atoms with Crippen LogP contribution in [-0.2, 0) is 4.79 Å². The van der Waals surface area contributed by atoms with Gasteiger partial charge in [0.05, 0.1) is 5.60 Å². The van der Waals surface area contributed by atoms with Crippen LogP contribution in [0.3, 0.4) is 0 Å². The summed E-state index contributed by atoms with van der Waals surface area (Å²) in [5, 5.41) is 20.1. The first-order valence-electron chi connectivity index (χ1n) is 6.21. The van der Waals surface area contributed by atoms with Crippen LogP contribution in [0.5, 0.6) is 0 Å². The summed E-state index contributed by atoms with van der Waals surface area (Å²) in [6.45, 7) is 1.46. The van der Waals surface area contributed by atoms with Crippen LogP contribution < -0.4 is 0 Å². The first-order valence-corrected chi connectivity index (χ1v) is 6.21. The van der Waals surface area contributed by atoms with Crippen molar-refractivity contribution < 1.29 is 15.0 Å². The molecule has 4 nitrogen and oxygen atoms in total. The Labute approximate surface area is 107 Å². The zero-order valence-electron chi connectivity index (χ0n) is 10.5. The van der Waals surface area contributed by atoms with E-state index in [1.54, 1.807) is 12.1 Å². The highest BCUT2D eigenvalue weighted by atomic mass is 16.4. The van der Waals surface area contributed by atoms with Crippen molar-refractivity contribution in [2.45, 2.75) is 24.4 Å².